The van der Waals surface area contributed by atoms with E-state index in [1.165, 1.54) is 17.0 Å². The highest BCUT2D eigenvalue weighted by molar-refractivity contribution is 7.18. The number of fused-ring (bicyclic) bond motifs is 1. The van der Waals surface area contributed by atoms with E-state index < -0.39 is 0 Å². The van der Waals surface area contributed by atoms with Gasteiger partial charge >= 0.3 is 0 Å². The highest BCUT2D eigenvalue weighted by Crippen LogP contribution is 2.28. The van der Waals surface area contributed by atoms with Crippen LogP contribution in [0.5, 0.6) is 0 Å². The lowest BCUT2D eigenvalue weighted by molar-refractivity contribution is 0.191. The standard InChI is InChI=1S/C19H22FN5S/c1-12-10-15(4-5-21-12)25-8-6-24(7-9-25)13(2)18-16(20)11-17-19(23-18)22-14(3)26-17/h4-5,10-11,13H,6-9H2,1-3H3. The second-order valence-corrected chi connectivity index (χ2v) is 8.00. The summed E-state index contributed by atoms with van der Waals surface area (Å²) in [6, 6.07) is 5.67. The number of rotatable bonds is 3. The van der Waals surface area contributed by atoms with Crippen LogP contribution in [0, 0.1) is 19.7 Å². The molecule has 0 aliphatic carbocycles. The van der Waals surface area contributed by atoms with Crippen LogP contribution >= 0.6 is 11.3 Å². The van der Waals surface area contributed by atoms with Crippen molar-refractivity contribution >= 4 is 27.4 Å². The van der Waals surface area contributed by atoms with E-state index in [9.17, 15) is 4.39 Å². The molecule has 3 aromatic rings. The lowest BCUT2D eigenvalue weighted by Gasteiger charge is -2.39. The first-order valence-corrected chi connectivity index (χ1v) is 9.68. The molecule has 1 aliphatic heterocycles. The largest absolute Gasteiger partial charge is 0.369 e. The summed E-state index contributed by atoms with van der Waals surface area (Å²) in [5.74, 6) is -0.235. The van der Waals surface area contributed by atoms with Crippen molar-refractivity contribution in [2.45, 2.75) is 26.8 Å². The molecule has 0 saturated carbocycles. The fourth-order valence-corrected chi connectivity index (χ4v) is 4.32. The van der Waals surface area contributed by atoms with Crippen molar-refractivity contribution in [1.29, 1.82) is 0 Å². The SMILES string of the molecule is Cc1cc(N2CCN(C(C)c3nc4nc(C)sc4cc3F)CC2)ccn1. The van der Waals surface area contributed by atoms with E-state index in [0.29, 0.717) is 11.3 Å². The van der Waals surface area contributed by atoms with Crippen molar-refractivity contribution in [3.63, 3.8) is 0 Å². The Morgan fingerprint density at radius 2 is 1.88 bits per heavy atom. The molecule has 5 nitrogen and oxygen atoms in total. The van der Waals surface area contributed by atoms with Gasteiger partial charge in [0.2, 0.25) is 0 Å². The summed E-state index contributed by atoms with van der Waals surface area (Å²) < 4.78 is 15.4. The number of aryl methyl sites for hydroxylation is 2. The van der Waals surface area contributed by atoms with Crippen molar-refractivity contribution in [2.24, 2.45) is 0 Å². The number of anilines is 1. The summed E-state index contributed by atoms with van der Waals surface area (Å²) in [5, 5.41) is 0.915. The van der Waals surface area contributed by atoms with Gasteiger partial charge < -0.3 is 4.90 Å². The average molecular weight is 371 g/mol. The number of hydrogen-bond donors (Lipinski definition) is 0. The summed E-state index contributed by atoms with van der Waals surface area (Å²) in [6.45, 7) is 9.53. The van der Waals surface area contributed by atoms with Gasteiger partial charge in [0.15, 0.2) is 5.65 Å². The van der Waals surface area contributed by atoms with Crippen LogP contribution in [0.4, 0.5) is 10.1 Å². The van der Waals surface area contributed by atoms with Gasteiger partial charge in [-0.3, -0.25) is 9.88 Å². The minimum Gasteiger partial charge on any atom is -0.369 e. The fraction of sp³-hybridized carbons (Fsp3) is 0.421. The third-order valence-corrected chi connectivity index (χ3v) is 5.88. The van der Waals surface area contributed by atoms with E-state index >= 15 is 0 Å². The Labute approximate surface area is 156 Å². The summed E-state index contributed by atoms with van der Waals surface area (Å²) in [5.41, 5.74) is 3.38. The summed E-state index contributed by atoms with van der Waals surface area (Å²) >= 11 is 1.48. The number of aromatic nitrogens is 3. The minimum absolute atomic E-state index is 0.0669. The Hall–Kier alpha value is -2.12. The lowest BCUT2D eigenvalue weighted by atomic mass is 10.1. The van der Waals surface area contributed by atoms with Gasteiger partial charge in [0.05, 0.1) is 21.4 Å². The molecule has 0 amide bonds. The van der Waals surface area contributed by atoms with Crippen molar-refractivity contribution in [3.8, 4) is 0 Å². The summed E-state index contributed by atoms with van der Waals surface area (Å²) in [6.07, 6.45) is 1.85. The predicted octanol–water partition coefficient (Wildman–Crippen LogP) is 3.73. The van der Waals surface area contributed by atoms with Crippen LogP contribution in [0.1, 0.15) is 29.4 Å². The van der Waals surface area contributed by atoms with Crippen LogP contribution in [-0.4, -0.2) is 46.0 Å². The fourth-order valence-electron chi connectivity index (χ4n) is 3.52. The monoisotopic (exact) mass is 371 g/mol. The zero-order valence-corrected chi connectivity index (χ0v) is 16.1. The van der Waals surface area contributed by atoms with E-state index in [-0.39, 0.29) is 11.9 Å². The second kappa shape index (κ2) is 6.89. The van der Waals surface area contributed by atoms with Gasteiger partial charge in [0.1, 0.15) is 5.82 Å². The second-order valence-electron chi connectivity index (χ2n) is 6.76. The Bertz CT molecular complexity index is 933. The number of pyridine rings is 2. The normalized spacial score (nSPS) is 17.0. The molecule has 3 aromatic heterocycles. The van der Waals surface area contributed by atoms with E-state index in [2.05, 4.69) is 30.8 Å². The summed E-state index contributed by atoms with van der Waals surface area (Å²) in [4.78, 5) is 17.8. The molecule has 1 unspecified atom stereocenters. The third-order valence-electron chi connectivity index (χ3n) is 4.97. The van der Waals surface area contributed by atoms with Crippen LogP contribution in [0.25, 0.3) is 10.3 Å². The van der Waals surface area contributed by atoms with Gasteiger partial charge in [0, 0.05) is 43.8 Å². The molecule has 4 rings (SSSR count). The van der Waals surface area contributed by atoms with Gasteiger partial charge in [0.25, 0.3) is 0 Å². The van der Waals surface area contributed by atoms with E-state index in [1.807, 2.05) is 33.0 Å². The maximum atomic E-state index is 14.6. The van der Waals surface area contributed by atoms with Gasteiger partial charge in [-0.05, 0) is 39.0 Å². The average Bonchev–Trinajstić information content (AvgIpc) is 2.99. The van der Waals surface area contributed by atoms with Crippen molar-refractivity contribution < 1.29 is 4.39 Å². The van der Waals surface area contributed by atoms with Crippen LogP contribution in [-0.2, 0) is 0 Å². The molecule has 1 aliphatic rings. The van der Waals surface area contributed by atoms with Crippen LogP contribution in [0.2, 0.25) is 0 Å². The van der Waals surface area contributed by atoms with E-state index in [1.54, 1.807) is 6.07 Å². The molecule has 0 bridgehead atoms. The highest BCUT2D eigenvalue weighted by Gasteiger charge is 2.26. The Balaban J connectivity index is 1.50. The molecule has 136 valence electrons. The number of hydrogen-bond acceptors (Lipinski definition) is 6. The van der Waals surface area contributed by atoms with Gasteiger partial charge in [-0.15, -0.1) is 11.3 Å². The highest BCUT2D eigenvalue weighted by atomic mass is 32.1. The number of thiazole rings is 1. The first-order valence-electron chi connectivity index (χ1n) is 8.86. The van der Waals surface area contributed by atoms with Crippen molar-refractivity contribution in [1.82, 2.24) is 19.9 Å². The van der Waals surface area contributed by atoms with E-state index in [4.69, 9.17) is 0 Å². The summed E-state index contributed by atoms with van der Waals surface area (Å²) in [7, 11) is 0. The lowest BCUT2D eigenvalue weighted by Crippen LogP contribution is -2.47. The predicted molar refractivity (Wildman–Crippen MR) is 103 cm³/mol. The molecule has 1 atom stereocenters. The maximum absolute atomic E-state index is 14.6. The van der Waals surface area contributed by atoms with Gasteiger partial charge in [-0.1, -0.05) is 0 Å². The van der Waals surface area contributed by atoms with Crippen LogP contribution < -0.4 is 4.90 Å². The maximum Gasteiger partial charge on any atom is 0.171 e. The molecule has 0 N–H and O–H groups in total. The van der Waals surface area contributed by atoms with Crippen LogP contribution in [0.3, 0.4) is 0 Å². The molecular formula is C19H22FN5S. The quantitative estimate of drug-likeness (QED) is 0.702. The van der Waals surface area contributed by atoms with Gasteiger partial charge in [-0.2, -0.15) is 0 Å². The number of halogens is 1. The number of nitrogens with zero attached hydrogens (tertiary/aromatic N) is 5. The first kappa shape index (κ1) is 17.3. The first-order chi connectivity index (χ1) is 12.5. The molecule has 7 heteroatoms. The Morgan fingerprint density at radius 3 is 2.62 bits per heavy atom. The minimum atomic E-state index is -0.235. The van der Waals surface area contributed by atoms with E-state index in [0.717, 1.165) is 41.6 Å². The number of piperazine rings is 1. The Morgan fingerprint density at radius 1 is 1.12 bits per heavy atom. The molecular weight excluding hydrogens is 349 g/mol. The molecule has 1 saturated heterocycles. The topological polar surface area (TPSA) is 45.2 Å². The zero-order chi connectivity index (χ0) is 18.3. The molecule has 26 heavy (non-hydrogen) atoms. The van der Waals surface area contributed by atoms with Gasteiger partial charge in [-0.25, -0.2) is 14.4 Å². The van der Waals surface area contributed by atoms with Crippen molar-refractivity contribution in [2.75, 3.05) is 31.1 Å². The van der Waals surface area contributed by atoms with Crippen LogP contribution in [0.15, 0.2) is 24.4 Å². The molecule has 0 radical (unpaired) electrons. The Kier molecular flexibility index (Phi) is 4.58. The molecule has 4 heterocycles. The smallest absolute Gasteiger partial charge is 0.171 e. The van der Waals surface area contributed by atoms with Crippen molar-refractivity contribution in [3.05, 3.63) is 46.6 Å². The molecule has 1 fully saturated rings. The third kappa shape index (κ3) is 3.29. The molecule has 0 spiro atoms. The molecule has 0 aromatic carbocycles. The zero-order valence-electron chi connectivity index (χ0n) is 15.2.